The Morgan fingerprint density at radius 3 is 2.47 bits per heavy atom. The van der Waals surface area contributed by atoms with E-state index in [9.17, 15) is 23.2 Å². The van der Waals surface area contributed by atoms with Crippen LogP contribution in [0.15, 0.2) is 46.3 Å². The number of aromatic nitrogens is 2. The molecule has 0 bridgehead atoms. The summed E-state index contributed by atoms with van der Waals surface area (Å²) in [6.07, 6.45) is 0. The molecule has 0 aliphatic rings. The van der Waals surface area contributed by atoms with Crippen molar-refractivity contribution in [2.24, 2.45) is 0 Å². The lowest BCUT2D eigenvalue weighted by atomic mass is 10.2. The second-order valence-electron chi connectivity index (χ2n) is 6.62. The van der Waals surface area contributed by atoms with E-state index in [2.05, 4.69) is 20.6 Å². The third-order valence-electron chi connectivity index (χ3n) is 4.36. The molecule has 0 aliphatic carbocycles. The summed E-state index contributed by atoms with van der Waals surface area (Å²) in [6.45, 7) is 0. The highest BCUT2D eigenvalue weighted by Crippen LogP contribution is 2.28. The Hall–Kier alpha value is -4.13. The summed E-state index contributed by atoms with van der Waals surface area (Å²) in [5, 5.41) is 4.67. The summed E-state index contributed by atoms with van der Waals surface area (Å²) in [5.74, 6) is -2.75. The smallest absolute Gasteiger partial charge is 0.277 e. The molecule has 1 heterocycles. The Balaban J connectivity index is 1.67. The Labute approximate surface area is 195 Å². The van der Waals surface area contributed by atoms with E-state index in [0.717, 1.165) is 23.9 Å². The highest BCUT2D eigenvalue weighted by molar-refractivity contribution is 7.99. The number of halogens is 2. The number of methoxy groups -OCH3 is 2. The van der Waals surface area contributed by atoms with Gasteiger partial charge in [0.25, 0.3) is 11.5 Å². The van der Waals surface area contributed by atoms with Crippen LogP contribution in [0.4, 0.5) is 26.0 Å². The zero-order valence-corrected chi connectivity index (χ0v) is 18.7. The van der Waals surface area contributed by atoms with E-state index in [1.54, 1.807) is 0 Å². The zero-order valence-electron chi connectivity index (χ0n) is 17.9. The number of hydrogen-bond donors (Lipinski definition) is 4. The number of nitrogens with one attached hydrogen (secondary N) is 3. The minimum absolute atomic E-state index is 0.00124. The number of nitrogen functional groups attached to an aromatic ring is 1. The van der Waals surface area contributed by atoms with Crippen molar-refractivity contribution in [1.82, 2.24) is 9.97 Å². The largest absolute Gasteiger partial charge is 0.493 e. The molecule has 10 nitrogen and oxygen atoms in total. The number of aromatic amines is 1. The van der Waals surface area contributed by atoms with Gasteiger partial charge in [0, 0.05) is 11.6 Å². The van der Waals surface area contributed by atoms with Crippen molar-refractivity contribution in [3.63, 3.8) is 0 Å². The molecule has 2 amide bonds. The average Bonchev–Trinajstić information content (AvgIpc) is 2.81. The van der Waals surface area contributed by atoms with Crippen molar-refractivity contribution in [2.75, 3.05) is 36.3 Å². The normalized spacial score (nSPS) is 10.5. The van der Waals surface area contributed by atoms with Crippen LogP contribution in [0, 0.1) is 11.6 Å². The maximum atomic E-state index is 13.6. The van der Waals surface area contributed by atoms with Crippen molar-refractivity contribution >= 4 is 40.8 Å². The van der Waals surface area contributed by atoms with Gasteiger partial charge in [-0.15, -0.1) is 0 Å². The van der Waals surface area contributed by atoms with Crippen LogP contribution >= 0.6 is 11.8 Å². The highest BCUT2D eigenvalue weighted by Gasteiger charge is 2.17. The molecule has 34 heavy (non-hydrogen) atoms. The number of ether oxygens (including phenoxy) is 2. The number of carbonyl (C=O) groups is 2. The van der Waals surface area contributed by atoms with Crippen LogP contribution in [0.3, 0.4) is 0 Å². The van der Waals surface area contributed by atoms with E-state index >= 15 is 0 Å². The van der Waals surface area contributed by atoms with Crippen LogP contribution in [-0.2, 0) is 4.79 Å². The minimum atomic E-state index is -0.927. The summed E-state index contributed by atoms with van der Waals surface area (Å²) in [6, 6.07) is 7.15. The number of thioether (sulfide) groups is 1. The molecule has 0 aliphatic heterocycles. The Morgan fingerprint density at radius 1 is 1.09 bits per heavy atom. The molecule has 0 radical (unpaired) electrons. The minimum Gasteiger partial charge on any atom is -0.493 e. The number of carbonyl (C=O) groups excluding carboxylic acids is 2. The van der Waals surface area contributed by atoms with E-state index in [0.29, 0.717) is 17.6 Å². The molecule has 13 heteroatoms. The first-order valence-corrected chi connectivity index (χ1v) is 10.5. The van der Waals surface area contributed by atoms with Gasteiger partial charge in [0.2, 0.25) is 5.91 Å². The summed E-state index contributed by atoms with van der Waals surface area (Å²) in [4.78, 5) is 43.4. The maximum Gasteiger partial charge on any atom is 0.277 e. The quantitative estimate of drug-likeness (QED) is 0.278. The van der Waals surface area contributed by atoms with Gasteiger partial charge in [-0.3, -0.25) is 19.4 Å². The van der Waals surface area contributed by atoms with Crippen molar-refractivity contribution in [3.05, 3.63) is 63.9 Å². The van der Waals surface area contributed by atoms with Crippen molar-refractivity contribution in [1.29, 1.82) is 0 Å². The fourth-order valence-electron chi connectivity index (χ4n) is 2.73. The van der Waals surface area contributed by atoms with E-state index in [1.807, 2.05) is 0 Å². The molecule has 1 aromatic heterocycles. The summed E-state index contributed by atoms with van der Waals surface area (Å²) in [5.41, 5.74) is 4.79. The molecule has 0 spiro atoms. The number of amides is 2. The fraction of sp³-hybridized carbons (Fsp3) is 0.143. The van der Waals surface area contributed by atoms with Crippen LogP contribution in [-0.4, -0.2) is 41.8 Å². The number of nitrogens with zero attached hydrogens (tertiary/aromatic N) is 1. The van der Waals surface area contributed by atoms with Crippen molar-refractivity contribution in [3.8, 4) is 11.5 Å². The number of nitrogens with two attached hydrogens (primary N) is 1. The van der Waals surface area contributed by atoms with Gasteiger partial charge in [0.05, 0.1) is 25.7 Å². The first-order chi connectivity index (χ1) is 16.2. The molecule has 5 N–H and O–H groups in total. The number of hydrogen-bond acceptors (Lipinski definition) is 8. The van der Waals surface area contributed by atoms with E-state index in [-0.39, 0.29) is 33.7 Å². The standard InChI is InChI=1S/C21H19F2N5O5S/c1-32-14-6-3-10(7-15(14)33-2)19(30)26-17-18(24)27-21(28-20(17)31)34-9-16(29)25-13-5-4-11(22)8-12(13)23/h3-8H,9H2,1-2H3,(H,25,29)(H,26,30)(H3,24,27,28,31). The lowest BCUT2D eigenvalue weighted by Crippen LogP contribution is -2.23. The van der Waals surface area contributed by atoms with Gasteiger partial charge in [-0.25, -0.2) is 13.8 Å². The summed E-state index contributed by atoms with van der Waals surface area (Å²) >= 11 is 0.820. The molecule has 178 valence electrons. The predicted molar refractivity (Wildman–Crippen MR) is 122 cm³/mol. The van der Waals surface area contributed by atoms with Crippen LogP contribution < -0.4 is 31.4 Å². The number of benzene rings is 2. The van der Waals surface area contributed by atoms with Crippen LogP contribution in [0.2, 0.25) is 0 Å². The Morgan fingerprint density at radius 2 is 1.82 bits per heavy atom. The van der Waals surface area contributed by atoms with Crippen LogP contribution in [0.25, 0.3) is 0 Å². The number of rotatable bonds is 8. The van der Waals surface area contributed by atoms with E-state index in [1.165, 1.54) is 32.4 Å². The maximum absolute atomic E-state index is 13.6. The van der Waals surface area contributed by atoms with Gasteiger partial charge in [-0.1, -0.05) is 11.8 Å². The van der Waals surface area contributed by atoms with Crippen molar-refractivity contribution in [2.45, 2.75) is 5.16 Å². The van der Waals surface area contributed by atoms with Gasteiger partial charge in [0.1, 0.15) is 17.3 Å². The molecule has 3 rings (SSSR count). The third kappa shape index (κ3) is 5.81. The topological polar surface area (TPSA) is 148 Å². The van der Waals surface area contributed by atoms with Gasteiger partial charge < -0.3 is 25.8 Å². The third-order valence-corrected chi connectivity index (χ3v) is 5.23. The Kier molecular flexibility index (Phi) is 7.68. The van der Waals surface area contributed by atoms with Gasteiger partial charge in [-0.2, -0.15) is 0 Å². The molecule has 0 atom stereocenters. The molecule has 2 aromatic carbocycles. The molecular formula is C21H19F2N5O5S. The highest BCUT2D eigenvalue weighted by atomic mass is 32.2. The first kappa shape index (κ1) is 24.5. The van der Waals surface area contributed by atoms with Gasteiger partial charge in [-0.05, 0) is 30.3 Å². The Bertz CT molecular complexity index is 1300. The molecule has 0 saturated carbocycles. The lowest BCUT2D eigenvalue weighted by molar-refractivity contribution is -0.113. The zero-order chi connectivity index (χ0) is 24.8. The molecule has 0 fully saturated rings. The average molecular weight is 491 g/mol. The molecule has 0 unspecified atom stereocenters. The molecule has 3 aromatic rings. The van der Waals surface area contributed by atoms with E-state index in [4.69, 9.17) is 15.2 Å². The second kappa shape index (κ2) is 10.7. The van der Waals surface area contributed by atoms with Crippen LogP contribution in [0.5, 0.6) is 11.5 Å². The number of anilines is 3. The second-order valence-corrected chi connectivity index (χ2v) is 7.58. The lowest BCUT2D eigenvalue weighted by Gasteiger charge is -2.11. The fourth-order valence-corrected chi connectivity index (χ4v) is 3.40. The van der Waals surface area contributed by atoms with E-state index < -0.39 is 29.0 Å². The van der Waals surface area contributed by atoms with Gasteiger partial charge in [0.15, 0.2) is 22.5 Å². The summed E-state index contributed by atoms with van der Waals surface area (Å²) in [7, 11) is 2.87. The monoisotopic (exact) mass is 491 g/mol. The number of H-pyrrole nitrogens is 1. The molecular weight excluding hydrogens is 472 g/mol. The molecule has 0 saturated heterocycles. The summed E-state index contributed by atoms with van der Waals surface area (Å²) < 4.78 is 36.9. The van der Waals surface area contributed by atoms with Gasteiger partial charge >= 0.3 is 0 Å². The van der Waals surface area contributed by atoms with Crippen LogP contribution in [0.1, 0.15) is 10.4 Å². The first-order valence-electron chi connectivity index (χ1n) is 9.52. The van der Waals surface area contributed by atoms with Crippen molar-refractivity contribution < 1.29 is 27.8 Å². The SMILES string of the molecule is COc1ccc(C(=O)Nc2c(N)nc(SCC(=O)Nc3ccc(F)cc3F)[nH]c2=O)cc1OC. The predicted octanol–water partition coefficient (Wildman–Crippen LogP) is 2.63.